The van der Waals surface area contributed by atoms with Gasteiger partial charge in [-0.25, -0.2) is 0 Å². The number of benzene rings is 2. The Morgan fingerprint density at radius 1 is 1.07 bits per heavy atom. The van der Waals surface area contributed by atoms with Gasteiger partial charge in [0, 0.05) is 0 Å². The summed E-state index contributed by atoms with van der Waals surface area (Å²) in [5, 5.41) is 10.5. The molecule has 1 aliphatic heterocycles. The van der Waals surface area contributed by atoms with E-state index in [1.54, 1.807) is 13.1 Å². The number of hydrogen-bond acceptors (Lipinski definition) is 4. The van der Waals surface area contributed by atoms with E-state index in [0.29, 0.717) is 24.0 Å². The van der Waals surface area contributed by atoms with Gasteiger partial charge in [0.2, 0.25) is 5.91 Å². The summed E-state index contributed by atoms with van der Waals surface area (Å²) in [5.41, 5.74) is 8.12. The molecule has 0 aliphatic carbocycles. The van der Waals surface area contributed by atoms with Crippen molar-refractivity contribution in [3.63, 3.8) is 0 Å². The summed E-state index contributed by atoms with van der Waals surface area (Å²) < 4.78 is 1.95. The number of amides is 3. The maximum atomic E-state index is 14.1. The normalized spacial score (nSPS) is 18.2. The molecule has 0 saturated heterocycles. The van der Waals surface area contributed by atoms with Gasteiger partial charge in [0.15, 0.2) is 0 Å². The lowest BCUT2D eigenvalue weighted by atomic mass is 9.79. The zero-order valence-corrected chi connectivity index (χ0v) is 24.2. The monoisotopic (exact) mass is 543 g/mol. The third kappa shape index (κ3) is 5.53. The van der Waals surface area contributed by atoms with Crippen molar-refractivity contribution in [1.29, 1.82) is 0 Å². The van der Waals surface area contributed by atoms with Crippen molar-refractivity contribution >= 4 is 17.7 Å². The van der Waals surface area contributed by atoms with Crippen LogP contribution in [0.15, 0.2) is 60.8 Å². The average Bonchev–Trinajstić information content (AvgIpc) is 3.40. The lowest BCUT2D eigenvalue weighted by molar-refractivity contribution is -0.132. The first kappa shape index (κ1) is 29.1. The zero-order valence-electron chi connectivity index (χ0n) is 24.2. The van der Waals surface area contributed by atoms with E-state index in [1.807, 2.05) is 54.1 Å². The van der Waals surface area contributed by atoms with Gasteiger partial charge in [-0.15, -0.1) is 0 Å². The molecular formula is C32H41N5O3. The molecule has 3 atom stereocenters. The molecule has 0 spiro atoms. The van der Waals surface area contributed by atoms with E-state index in [1.165, 1.54) is 5.56 Å². The fraction of sp³-hybridized carbons (Fsp3) is 0.438. The van der Waals surface area contributed by atoms with Gasteiger partial charge in [-0.2, -0.15) is 5.10 Å². The maximum absolute atomic E-state index is 14.1. The highest BCUT2D eigenvalue weighted by Gasteiger charge is 2.43. The molecule has 40 heavy (non-hydrogen) atoms. The predicted octanol–water partition coefficient (Wildman–Crippen LogP) is 4.33. The number of aryl methyl sites for hydroxylation is 1. The van der Waals surface area contributed by atoms with Gasteiger partial charge in [0.25, 0.3) is 11.8 Å². The molecule has 4 N–H and O–H groups in total. The molecule has 0 fully saturated rings. The van der Waals surface area contributed by atoms with Crippen LogP contribution in [0.25, 0.3) is 0 Å². The number of fused-ring (bicyclic) bond motifs is 1. The summed E-state index contributed by atoms with van der Waals surface area (Å²) in [5.74, 6) is -1.24. The lowest BCUT2D eigenvalue weighted by Gasteiger charge is -2.38. The molecule has 0 saturated carbocycles. The molecule has 2 aromatic carbocycles. The summed E-state index contributed by atoms with van der Waals surface area (Å²) in [6, 6.07) is 17.1. The fourth-order valence-electron chi connectivity index (χ4n) is 5.89. The van der Waals surface area contributed by atoms with Gasteiger partial charge >= 0.3 is 0 Å². The van der Waals surface area contributed by atoms with Gasteiger partial charge in [-0.05, 0) is 68.6 Å². The van der Waals surface area contributed by atoms with Gasteiger partial charge in [0.1, 0.15) is 11.6 Å². The van der Waals surface area contributed by atoms with Crippen LogP contribution in [0.3, 0.4) is 0 Å². The first-order chi connectivity index (χ1) is 19.1. The number of nitrogens with one attached hydrogen (secondary N) is 2. The van der Waals surface area contributed by atoms with Crippen molar-refractivity contribution < 1.29 is 14.4 Å². The Hall–Kier alpha value is -3.94. The van der Waals surface area contributed by atoms with Crippen LogP contribution >= 0.6 is 0 Å². The van der Waals surface area contributed by atoms with E-state index in [4.69, 9.17) is 5.73 Å². The van der Waals surface area contributed by atoms with E-state index >= 15 is 0 Å². The highest BCUT2D eigenvalue weighted by molar-refractivity contribution is 6.01. The average molecular weight is 544 g/mol. The molecule has 4 rings (SSSR count). The maximum Gasteiger partial charge on any atom is 0.255 e. The summed E-state index contributed by atoms with van der Waals surface area (Å²) in [6.45, 7) is 9.95. The van der Waals surface area contributed by atoms with Crippen molar-refractivity contribution in [2.45, 2.75) is 89.8 Å². The number of hydrogen-bond donors (Lipinski definition) is 3. The Balaban J connectivity index is 1.73. The second kappa shape index (κ2) is 11.7. The van der Waals surface area contributed by atoms with Crippen molar-refractivity contribution in [3.05, 3.63) is 88.7 Å². The van der Waals surface area contributed by atoms with Crippen molar-refractivity contribution in [2.75, 3.05) is 0 Å². The molecule has 0 bridgehead atoms. The number of nitrogens with zero attached hydrogens (tertiary/aromatic N) is 2. The van der Waals surface area contributed by atoms with Crippen LogP contribution in [-0.2, 0) is 33.5 Å². The van der Waals surface area contributed by atoms with Gasteiger partial charge in [-0.3, -0.25) is 19.1 Å². The van der Waals surface area contributed by atoms with Gasteiger partial charge in [-0.1, -0.05) is 75.4 Å². The Morgan fingerprint density at radius 3 is 2.33 bits per heavy atom. The molecule has 1 unspecified atom stereocenters. The number of carbonyl (C=O) groups excluding carboxylic acids is 3. The van der Waals surface area contributed by atoms with Crippen molar-refractivity contribution in [3.8, 4) is 0 Å². The van der Waals surface area contributed by atoms with E-state index in [9.17, 15) is 14.4 Å². The summed E-state index contributed by atoms with van der Waals surface area (Å²) in [4.78, 5) is 40.0. The first-order valence-electron chi connectivity index (χ1n) is 14.2. The predicted molar refractivity (Wildman–Crippen MR) is 156 cm³/mol. The second-order valence-electron chi connectivity index (χ2n) is 11.3. The molecule has 8 nitrogen and oxygen atoms in total. The fourth-order valence-corrected chi connectivity index (χ4v) is 5.89. The Labute approximate surface area is 236 Å². The summed E-state index contributed by atoms with van der Waals surface area (Å²) in [6.07, 6.45) is 4.62. The van der Waals surface area contributed by atoms with E-state index in [2.05, 4.69) is 48.6 Å². The molecular weight excluding hydrogens is 502 g/mol. The van der Waals surface area contributed by atoms with Crippen LogP contribution in [0, 0.1) is 0 Å². The molecule has 3 aromatic rings. The Morgan fingerprint density at radius 2 is 1.75 bits per heavy atom. The molecule has 8 heteroatoms. The van der Waals surface area contributed by atoms with E-state index in [-0.39, 0.29) is 23.8 Å². The minimum Gasteiger partial charge on any atom is -0.368 e. The quantitative estimate of drug-likeness (QED) is 0.353. The van der Waals surface area contributed by atoms with E-state index in [0.717, 1.165) is 24.1 Å². The number of primary amides is 1. The van der Waals surface area contributed by atoms with Crippen molar-refractivity contribution in [2.24, 2.45) is 5.73 Å². The lowest BCUT2D eigenvalue weighted by Crippen LogP contribution is -2.59. The Bertz CT molecular complexity index is 1360. The molecule has 1 aromatic heterocycles. The topological polar surface area (TPSA) is 119 Å². The van der Waals surface area contributed by atoms with Crippen LogP contribution in [0.5, 0.6) is 0 Å². The minimum atomic E-state index is -1.41. The second-order valence-corrected chi connectivity index (χ2v) is 11.3. The molecule has 2 heterocycles. The number of aromatic nitrogens is 2. The third-order valence-electron chi connectivity index (χ3n) is 8.30. The van der Waals surface area contributed by atoms with E-state index < -0.39 is 23.4 Å². The standard InChI is InChI=1S/C32H41N5O3/c1-6-21-14-16-24(17-15-21)32(8-3,30(40)35-26(7-2)28(33)38)36-29(39)25-20-34-37-27(25)18-23(19-31(37,4)5)22-12-10-9-11-13-22/h9-17,20,23,26H,6-8,18-19H2,1-5H3,(H2,33,38)(H,35,40)(H,36,39)/t23-,26-,32?/m0/s1. The highest BCUT2D eigenvalue weighted by Crippen LogP contribution is 2.40. The largest absolute Gasteiger partial charge is 0.368 e. The smallest absolute Gasteiger partial charge is 0.255 e. The first-order valence-corrected chi connectivity index (χ1v) is 14.2. The number of nitrogens with two attached hydrogens (primary N) is 1. The minimum absolute atomic E-state index is 0.230. The van der Waals surface area contributed by atoms with Crippen molar-refractivity contribution in [1.82, 2.24) is 20.4 Å². The SMILES string of the molecule is CCc1ccc(C(CC)(NC(=O)c2cnn3c2C[C@H](c2ccccc2)CC3(C)C)C(=O)N[C@@H](CC)C(N)=O)cc1. The summed E-state index contributed by atoms with van der Waals surface area (Å²) in [7, 11) is 0. The van der Waals surface area contributed by atoms with Crippen LogP contribution in [0.2, 0.25) is 0 Å². The van der Waals surface area contributed by atoms with Crippen LogP contribution in [0.1, 0.15) is 92.5 Å². The molecule has 0 radical (unpaired) electrons. The highest BCUT2D eigenvalue weighted by atomic mass is 16.2. The van der Waals surface area contributed by atoms with Crippen LogP contribution in [0.4, 0.5) is 0 Å². The molecule has 212 valence electrons. The Kier molecular flexibility index (Phi) is 8.47. The van der Waals surface area contributed by atoms with Gasteiger partial charge in [0.05, 0.1) is 23.0 Å². The van der Waals surface area contributed by atoms with Crippen LogP contribution < -0.4 is 16.4 Å². The number of rotatable bonds is 10. The van der Waals surface area contributed by atoms with Gasteiger partial charge < -0.3 is 16.4 Å². The molecule has 1 aliphatic rings. The number of carbonyl (C=O) groups is 3. The molecule has 3 amide bonds. The summed E-state index contributed by atoms with van der Waals surface area (Å²) >= 11 is 0. The zero-order chi connectivity index (χ0) is 29.1. The third-order valence-corrected chi connectivity index (χ3v) is 8.30. The van der Waals surface area contributed by atoms with Crippen LogP contribution in [-0.4, -0.2) is 33.5 Å².